The van der Waals surface area contributed by atoms with Gasteiger partial charge in [-0.3, -0.25) is 4.79 Å². The smallest absolute Gasteiger partial charge is 0.341 e. The Kier molecular flexibility index (Phi) is 6.16. The van der Waals surface area contributed by atoms with Crippen LogP contribution in [0.3, 0.4) is 0 Å². The van der Waals surface area contributed by atoms with Crippen LogP contribution in [0, 0.1) is 5.92 Å². The molecule has 5 aromatic rings. The van der Waals surface area contributed by atoms with Gasteiger partial charge >= 0.3 is 5.97 Å². The highest BCUT2D eigenvalue weighted by Crippen LogP contribution is 2.45. The molecular weight excluding hydrogens is 558 g/mol. The third kappa shape index (κ3) is 3.95. The highest BCUT2D eigenvalue weighted by Gasteiger charge is 2.45. The van der Waals surface area contributed by atoms with Crippen LogP contribution in [-0.4, -0.2) is 88.5 Å². The van der Waals surface area contributed by atoms with Crippen molar-refractivity contribution in [3.8, 4) is 11.1 Å². The van der Waals surface area contributed by atoms with Gasteiger partial charge in [0.05, 0.1) is 40.4 Å². The Balaban J connectivity index is 1.50. The van der Waals surface area contributed by atoms with Gasteiger partial charge in [-0.05, 0) is 32.3 Å². The standard InChI is InChI=1S/C30H30ClN7O4/c1-32-21-7-15(31)6-16-24-26(38-11-19-22(36(2)3)13-42-23(19)12-38)18(9-33-28(24)35-25(16)21)14-5-17-27(39)20(30(40)41)10-37(4)29(17)34-8-14/h5-10,19,22-23,32H,11-13H2,1-4H3,(H,33,35)(H,40,41)/t19-,22?,23-/m1/s1. The minimum atomic E-state index is -1.28. The van der Waals surface area contributed by atoms with Gasteiger partial charge in [0.2, 0.25) is 5.43 Å². The van der Waals surface area contributed by atoms with Crippen LogP contribution < -0.4 is 15.6 Å². The van der Waals surface area contributed by atoms with Crippen LogP contribution in [0.1, 0.15) is 10.4 Å². The number of aromatic amines is 1. The molecule has 4 aromatic heterocycles. The van der Waals surface area contributed by atoms with Gasteiger partial charge < -0.3 is 34.5 Å². The molecule has 0 aliphatic carbocycles. The molecule has 12 heteroatoms. The number of ether oxygens (including phenoxy) is 1. The number of carboxylic acids is 1. The van der Waals surface area contributed by atoms with E-state index in [0.717, 1.165) is 39.8 Å². The summed E-state index contributed by atoms with van der Waals surface area (Å²) >= 11 is 6.59. The number of hydrogen-bond acceptors (Lipinski definition) is 8. The van der Waals surface area contributed by atoms with Gasteiger partial charge in [-0.1, -0.05) is 11.6 Å². The Morgan fingerprint density at radius 2 is 2.00 bits per heavy atom. The number of rotatable bonds is 5. The molecule has 11 nitrogen and oxygen atoms in total. The predicted molar refractivity (Wildman–Crippen MR) is 164 cm³/mol. The highest BCUT2D eigenvalue weighted by atomic mass is 35.5. The summed E-state index contributed by atoms with van der Waals surface area (Å²) in [5.41, 5.74) is 4.38. The fourth-order valence-corrected chi connectivity index (χ4v) is 6.93. The number of nitrogens with one attached hydrogen (secondary N) is 2. The van der Waals surface area contributed by atoms with Gasteiger partial charge in [0, 0.05) is 79.3 Å². The molecule has 1 aromatic carbocycles. The normalized spacial score (nSPS) is 20.3. The van der Waals surface area contributed by atoms with Crippen LogP contribution in [0.15, 0.2) is 41.6 Å². The maximum absolute atomic E-state index is 13.2. The monoisotopic (exact) mass is 587 g/mol. The lowest BCUT2D eigenvalue weighted by Gasteiger charge is -2.27. The third-order valence-electron chi connectivity index (χ3n) is 8.75. The maximum atomic E-state index is 13.2. The van der Waals surface area contributed by atoms with E-state index in [0.29, 0.717) is 47.0 Å². The van der Waals surface area contributed by atoms with Gasteiger partial charge in [-0.2, -0.15) is 0 Å². The Labute approximate surface area is 245 Å². The number of hydrogen-bond donors (Lipinski definition) is 3. The number of carbonyl (C=O) groups is 1. The van der Waals surface area contributed by atoms with E-state index in [9.17, 15) is 14.7 Å². The number of aryl methyl sites for hydroxylation is 1. The average Bonchev–Trinajstić information content (AvgIpc) is 3.66. The number of pyridine rings is 3. The molecule has 0 saturated carbocycles. The average molecular weight is 588 g/mol. The van der Waals surface area contributed by atoms with Crippen molar-refractivity contribution in [3.63, 3.8) is 0 Å². The third-order valence-corrected chi connectivity index (χ3v) is 8.97. The van der Waals surface area contributed by atoms with Crippen LogP contribution in [0.25, 0.3) is 44.1 Å². The second-order valence-corrected chi connectivity index (χ2v) is 11.8. The molecule has 2 aliphatic rings. The Morgan fingerprint density at radius 1 is 1.19 bits per heavy atom. The van der Waals surface area contributed by atoms with E-state index in [4.69, 9.17) is 21.3 Å². The van der Waals surface area contributed by atoms with E-state index < -0.39 is 11.4 Å². The summed E-state index contributed by atoms with van der Waals surface area (Å²) in [6.45, 7) is 2.17. The molecule has 42 heavy (non-hydrogen) atoms. The van der Waals surface area contributed by atoms with Crippen LogP contribution in [-0.2, 0) is 11.8 Å². The number of halogens is 1. The molecule has 2 saturated heterocycles. The van der Waals surface area contributed by atoms with Crippen molar-refractivity contribution in [2.24, 2.45) is 13.0 Å². The van der Waals surface area contributed by atoms with E-state index in [-0.39, 0.29) is 17.1 Å². The number of fused-ring (bicyclic) bond motifs is 5. The molecule has 2 aliphatic heterocycles. The largest absolute Gasteiger partial charge is 0.477 e. The summed E-state index contributed by atoms with van der Waals surface area (Å²) in [5.74, 6) is -0.959. The molecule has 1 unspecified atom stereocenters. The molecule has 3 atom stereocenters. The number of H-pyrrole nitrogens is 1. The van der Waals surface area contributed by atoms with E-state index in [1.807, 2.05) is 19.2 Å². The molecule has 7 rings (SSSR count). The second kappa shape index (κ2) is 9.69. The van der Waals surface area contributed by atoms with Gasteiger partial charge in [0.15, 0.2) is 0 Å². The summed E-state index contributed by atoms with van der Waals surface area (Å²) in [6.07, 6.45) is 4.89. The SMILES string of the molecule is CNc1cc(Cl)cc2c1[nH]c1ncc(-c3cnc4c(c3)c(=O)c(C(=O)O)cn4C)c(N3C[C@@H]4C(N(C)C)CO[C@@H]4C3)c12. The van der Waals surface area contributed by atoms with E-state index in [1.165, 1.54) is 6.20 Å². The molecule has 0 bridgehead atoms. The first-order valence-electron chi connectivity index (χ1n) is 13.7. The lowest BCUT2D eigenvalue weighted by Crippen LogP contribution is -2.37. The van der Waals surface area contributed by atoms with Crippen LogP contribution >= 0.6 is 11.6 Å². The zero-order valence-corrected chi connectivity index (χ0v) is 24.4. The zero-order valence-electron chi connectivity index (χ0n) is 23.6. The first kappa shape index (κ1) is 26.7. The minimum Gasteiger partial charge on any atom is -0.477 e. The van der Waals surface area contributed by atoms with E-state index in [1.54, 1.807) is 30.1 Å². The number of carboxylic acid groups (broad SMARTS) is 1. The number of aromatic carboxylic acids is 1. The molecule has 6 heterocycles. The molecule has 216 valence electrons. The quantitative estimate of drug-likeness (QED) is 0.281. The lowest BCUT2D eigenvalue weighted by atomic mass is 9.99. The maximum Gasteiger partial charge on any atom is 0.341 e. The number of likely N-dealkylation sites (N-methyl/N-ethyl adjacent to an activating group) is 1. The van der Waals surface area contributed by atoms with E-state index >= 15 is 0 Å². The first-order valence-corrected chi connectivity index (χ1v) is 14.1. The molecule has 2 fully saturated rings. The van der Waals surface area contributed by atoms with Crippen molar-refractivity contribution in [2.45, 2.75) is 12.1 Å². The summed E-state index contributed by atoms with van der Waals surface area (Å²) in [6, 6.07) is 5.84. The topological polar surface area (TPSA) is 129 Å². The summed E-state index contributed by atoms with van der Waals surface area (Å²) in [7, 11) is 7.70. The van der Waals surface area contributed by atoms with Crippen LogP contribution in [0.2, 0.25) is 5.02 Å². The van der Waals surface area contributed by atoms with Gasteiger partial charge in [0.1, 0.15) is 16.9 Å². The predicted octanol–water partition coefficient (Wildman–Crippen LogP) is 3.79. The number of anilines is 2. The number of benzene rings is 1. The Hall–Kier alpha value is -4.19. The van der Waals surface area contributed by atoms with Crippen molar-refractivity contribution >= 4 is 61.9 Å². The zero-order chi connectivity index (χ0) is 29.4. The number of nitrogens with zero attached hydrogens (tertiary/aromatic N) is 5. The molecule has 0 radical (unpaired) electrons. The summed E-state index contributed by atoms with van der Waals surface area (Å²) < 4.78 is 7.82. The number of aromatic nitrogens is 4. The highest BCUT2D eigenvalue weighted by molar-refractivity contribution is 6.33. The summed E-state index contributed by atoms with van der Waals surface area (Å²) in [4.78, 5) is 42.5. The van der Waals surface area contributed by atoms with Crippen molar-refractivity contribution < 1.29 is 14.6 Å². The fraction of sp³-hybridized carbons (Fsp3) is 0.333. The second-order valence-electron chi connectivity index (χ2n) is 11.3. The van der Waals surface area contributed by atoms with Crippen molar-refractivity contribution in [2.75, 3.05) is 51.1 Å². The molecule has 0 spiro atoms. The molecular formula is C30H30ClN7O4. The Bertz CT molecular complexity index is 1980. The van der Waals surface area contributed by atoms with Gasteiger partial charge in [-0.15, -0.1) is 0 Å². The van der Waals surface area contributed by atoms with Crippen molar-refractivity contribution in [3.05, 3.63) is 57.6 Å². The Morgan fingerprint density at radius 3 is 2.74 bits per heavy atom. The first-order chi connectivity index (χ1) is 20.2. The van der Waals surface area contributed by atoms with Crippen molar-refractivity contribution in [1.29, 1.82) is 0 Å². The minimum absolute atomic E-state index is 0.0790. The molecule has 0 amide bonds. The summed E-state index contributed by atoms with van der Waals surface area (Å²) in [5, 5.41) is 15.5. The molecule has 3 N–H and O–H groups in total. The fourth-order valence-electron chi connectivity index (χ4n) is 6.71. The van der Waals surface area contributed by atoms with E-state index in [2.05, 4.69) is 39.2 Å². The van der Waals surface area contributed by atoms with Crippen LogP contribution in [0.5, 0.6) is 0 Å². The van der Waals surface area contributed by atoms with Crippen LogP contribution in [0.4, 0.5) is 11.4 Å². The van der Waals surface area contributed by atoms with Crippen molar-refractivity contribution in [1.82, 2.24) is 24.4 Å². The van der Waals surface area contributed by atoms with Gasteiger partial charge in [0.25, 0.3) is 0 Å². The van der Waals surface area contributed by atoms with Gasteiger partial charge in [-0.25, -0.2) is 14.8 Å². The lowest BCUT2D eigenvalue weighted by molar-refractivity contribution is 0.0695.